The highest BCUT2D eigenvalue weighted by Gasteiger charge is 2.34. The van der Waals surface area contributed by atoms with Crippen molar-refractivity contribution in [2.45, 2.75) is 31.5 Å². The van der Waals surface area contributed by atoms with Gasteiger partial charge in [0.1, 0.15) is 18.2 Å². The first kappa shape index (κ1) is 17.8. The van der Waals surface area contributed by atoms with Crippen LogP contribution in [0.2, 0.25) is 0 Å². The molecule has 2 aliphatic heterocycles. The molecule has 144 valence electrons. The van der Waals surface area contributed by atoms with E-state index in [9.17, 15) is 9.90 Å². The molecule has 27 heavy (non-hydrogen) atoms. The van der Waals surface area contributed by atoms with E-state index in [-0.39, 0.29) is 18.4 Å². The van der Waals surface area contributed by atoms with E-state index >= 15 is 0 Å². The van der Waals surface area contributed by atoms with E-state index in [2.05, 4.69) is 15.1 Å². The highest BCUT2D eigenvalue weighted by Crippen LogP contribution is 2.33. The van der Waals surface area contributed by atoms with Gasteiger partial charge in [-0.25, -0.2) is 0 Å². The summed E-state index contributed by atoms with van der Waals surface area (Å²) in [6, 6.07) is 7.81. The van der Waals surface area contributed by atoms with Gasteiger partial charge in [-0.3, -0.25) is 4.79 Å². The molecule has 1 aromatic carbocycles. The van der Waals surface area contributed by atoms with Crippen molar-refractivity contribution in [3.63, 3.8) is 0 Å². The Morgan fingerprint density at radius 2 is 1.96 bits per heavy atom. The predicted molar refractivity (Wildman–Crippen MR) is 99.6 cm³/mol. The number of hydrogen-bond acceptors (Lipinski definition) is 6. The van der Waals surface area contributed by atoms with Gasteiger partial charge in [-0.05, 0) is 25.0 Å². The van der Waals surface area contributed by atoms with Crippen LogP contribution in [0.5, 0.6) is 5.75 Å². The molecule has 0 saturated carbocycles. The Bertz CT molecular complexity index is 829. The van der Waals surface area contributed by atoms with Crippen molar-refractivity contribution < 1.29 is 14.6 Å². The molecule has 1 N–H and O–H groups in total. The molecule has 0 radical (unpaired) electrons. The third-order valence-electron chi connectivity index (χ3n) is 5.57. The number of hydrogen-bond donors (Lipinski definition) is 1. The lowest BCUT2D eigenvalue weighted by Crippen LogP contribution is -2.51. The van der Waals surface area contributed by atoms with E-state index in [0.717, 1.165) is 30.1 Å². The average Bonchev–Trinajstić information content (AvgIpc) is 3.08. The number of carbonyl (C=O) groups excluding carboxylic acids is 1. The van der Waals surface area contributed by atoms with Crippen molar-refractivity contribution in [1.29, 1.82) is 0 Å². The molecule has 1 atom stereocenters. The molecule has 1 amide bonds. The van der Waals surface area contributed by atoms with Gasteiger partial charge >= 0.3 is 0 Å². The molecular weight excluding hydrogens is 346 g/mol. The van der Waals surface area contributed by atoms with Gasteiger partial charge in [-0.15, -0.1) is 10.2 Å². The van der Waals surface area contributed by atoms with Gasteiger partial charge in [-0.2, -0.15) is 0 Å². The molecule has 3 heterocycles. The summed E-state index contributed by atoms with van der Waals surface area (Å²) < 4.78 is 7.84. The number of fused-ring (bicyclic) bond motifs is 1. The highest BCUT2D eigenvalue weighted by atomic mass is 16.5. The molecule has 0 aliphatic carbocycles. The van der Waals surface area contributed by atoms with Crippen molar-refractivity contribution in [3.8, 4) is 5.75 Å². The van der Waals surface area contributed by atoms with E-state index in [1.807, 2.05) is 47.8 Å². The minimum Gasteiger partial charge on any atom is -0.477 e. The summed E-state index contributed by atoms with van der Waals surface area (Å²) in [6.07, 6.45) is 1.20. The summed E-state index contributed by atoms with van der Waals surface area (Å²) in [5.74, 6) is 2.51. The largest absolute Gasteiger partial charge is 0.477 e. The number of likely N-dealkylation sites (tertiary alicyclic amines) is 1. The van der Waals surface area contributed by atoms with Gasteiger partial charge < -0.3 is 24.2 Å². The van der Waals surface area contributed by atoms with E-state index in [0.29, 0.717) is 25.5 Å². The Kier molecular flexibility index (Phi) is 4.73. The number of benzene rings is 1. The second-order valence-electron chi connectivity index (χ2n) is 7.25. The van der Waals surface area contributed by atoms with E-state index in [1.165, 1.54) is 0 Å². The normalized spacial score (nSPS) is 20.3. The number of anilines is 1. The van der Waals surface area contributed by atoms with Crippen molar-refractivity contribution in [2.75, 3.05) is 31.6 Å². The Balaban J connectivity index is 1.40. The fourth-order valence-electron chi connectivity index (χ4n) is 3.97. The highest BCUT2D eigenvalue weighted by molar-refractivity contribution is 5.83. The van der Waals surface area contributed by atoms with Crippen LogP contribution in [0, 0.1) is 0 Å². The average molecular weight is 371 g/mol. The Morgan fingerprint density at radius 1 is 1.22 bits per heavy atom. The van der Waals surface area contributed by atoms with Crippen molar-refractivity contribution in [1.82, 2.24) is 19.7 Å². The third-order valence-corrected chi connectivity index (χ3v) is 5.57. The third kappa shape index (κ3) is 3.25. The van der Waals surface area contributed by atoms with Gasteiger partial charge in [0, 0.05) is 33.1 Å². The monoisotopic (exact) mass is 371 g/mol. The molecule has 0 unspecified atom stereocenters. The maximum absolute atomic E-state index is 13.0. The molecule has 2 aliphatic rings. The predicted octanol–water partition coefficient (Wildman–Crippen LogP) is 0.911. The SMILES string of the molecule is CN1C[C@@H](C(=O)N2CCC(c3nnc(CO)n3C)CC2)Oc2ccccc21. The van der Waals surface area contributed by atoms with Gasteiger partial charge in [0.15, 0.2) is 11.9 Å². The summed E-state index contributed by atoms with van der Waals surface area (Å²) in [6.45, 7) is 1.79. The van der Waals surface area contributed by atoms with Crippen LogP contribution < -0.4 is 9.64 Å². The molecule has 8 heteroatoms. The van der Waals surface area contributed by atoms with Crippen LogP contribution in [0.4, 0.5) is 5.69 Å². The molecule has 8 nitrogen and oxygen atoms in total. The quantitative estimate of drug-likeness (QED) is 0.864. The number of piperidine rings is 1. The van der Waals surface area contributed by atoms with E-state index in [4.69, 9.17) is 4.74 Å². The van der Waals surface area contributed by atoms with Gasteiger partial charge in [0.2, 0.25) is 0 Å². The first-order valence-corrected chi connectivity index (χ1v) is 9.33. The van der Waals surface area contributed by atoms with Gasteiger partial charge in [0.05, 0.1) is 12.2 Å². The zero-order valence-corrected chi connectivity index (χ0v) is 15.7. The number of aliphatic hydroxyl groups is 1. The fourth-order valence-corrected chi connectivity index (χ4v) is 3.97. The minimum absolute atomic E-state index is 0.0452. The Labute approximate surface area is 158 Å². The lowest BCUT2D eigenvalue weighted by Gasteiger charge is -2.37. The number of likely N-dealkylation sites (N-methyl/N-ethyl adjacent to an activating group) is 1. The number of para-hydroxylation sites is 2. The topological polar surface area (TPSA) is 83.7 Å². The summed E-state index contributed by atoms with van der Waals surface area (Å²) in [4.78, 5) is 16.9. The summed E-state index contributed by atoms with van der Waals surface area (Å²) in [7, 11) is 3.86. The minimum atomic E-state index is -0.475. The van der Waals surface area contributed by atoms with Crippen LogP contribution >= 0.6 is 0 Å². The van der Waals surface area contributed by atoms with Gasteiger partial charge in [-0.1, -0.05) is 12.1 Å². The molecule has 1 saturated heterocycles. The number of amides is 1. The van der Waals surface area contributed by atoms with E-state index < -0.39 is 6.10 Å². The van der Waals surface area contributed by atoms with Crippen molar-refractivity contribution in [3.05, 3.63) is 35.9 Å². The first-order chi connectivity index (χ1) is 13.1. The van der Waals surface area contributed by atoms with Crippen LogP contribution in [0.3, 0.4) is 0 Å². The standard InChI is InChI=1S/C19H25N5O3/c1-22-11-16(27-15-6-4-3-5-14(15)22)19(26)24-9-7-13(8-10-24)18-21-20-17(12-25)23(18)2/h3-6,13,16,25H,7-12H2,1-2H3/t16-/m0/s1. The molecule has 1 aromatic heterocycles. The van der Waals surface area contributed by atoms with Crippen LogP contribution in [0.1, 0.15) is 30.4 Å². The van der Waals surface area contributed by atoms with Crippen LogP contribution in [0.25, 0.3) is 0 Å². The van der Waals surface area contributed by atoms with Crippen LogP contribution in [-0.4, -0.2) is 63.5 Å². The number of aliphatic hydroxyl groups excluding tert-OH is 1. The second kappa shape index (κ2) is 7.19. The summed E-state index contributed by atoms with van der Waals surface area (Å²) in [5, 5.41) is 17.5. The molecule has 0 spiro atoms. The number of carbonyl (C=O) groups is 1. The van der Waals surface area contributed by atoms with Gasteiger partial charge in [0.25, 0.3) is 5.91 Å². The van der Waals surface area contributed by atoms with Crippen molar-refractivity contribution >= 4 is 11.6 Å². The number of rotatable bonds is 3. The first-order valence-electron chi connectivity index (χ1n) is 9.33. The molecule has 0 bridgehead atoms. The molecule has 2 aromatic rings. The van der Waals surface area contributed by atoms with Crippen LogP contribution in [-0.2, 0) is 18.4 Å². The van der Waals surface area contributed by atoms with Crippen molar-refractivity contribution in [2.24, 2.45) is 7.05 Å². The lowest BCUT2D eigenvalue weighted by atomic mass is 9.95. The van der Waals surface area contributed by atoms with E-state index in [1.54, 1.807) is 0 Å². The zero-order valence-electron chi connectivity index (χ0n) is 15.7. The summed E-state index contributed by atoms with van der Waals surface area (Å²) in [5.41, 5.74) is 1.02. The summed E-state index contributed by atoms with van der Waals surface area (Å²) >= 11 is 0. The molecule has 1 fully saturated rings. The smallest absolute Gasteiger partial charge is 0.265 e. The Morgan fingerprint density at radius 3 is 2.67 bits per heavy atom. The lowest BCUT2D eigenvalue weighted by molar-refractivity contribution is -0.139. The molecule has 4 rings (SSSR count). The van der Waals surface area contributed by atoms with Crippen LogP contribution in [0.15, 0.2) is 24.3 Å². The number of ether oxygens (including phenoxy) is 1. The molecular formula is C19H25N5O3. The fraction of sp³-hybridized carbons (Fsp3) is 0.526. The zero-order chi connectivity index (χ0) is 19.0. The maximum atomic E-state index is 13.0. The second-order valence-corrected chi connectivity index (χ2v) is 7.25. The number of nitrogens with zero attached hydrogens (tertiary/aromatic N) is 5. The Hall–Kier alpha value is -2.61. The number of aromatic nitrogens is 3. The maximum Gasteiger partial charge on any atom is 0.265 e.